The standard InChI is InChI=1S/C19H18ClNOS2/c1-3-12(2)13-4-6-14(7-5-13)17(22)11-23-19-21-16-10-15(20)8-9-18(16)24-19/h4-10,12H,3,11H2,1-2H3/t12-/m1/s1. The molecular weight excluding hydrogens is 358 g/mol. The Hall–Kier alpha value is -1.36. The molecule has 0 spiro atoms. The van der Waals surface area contributed by atoms with E-state index in [2.05, 4.69) is 31.0 Å². The average Bonchev–Trinajstić information content (AvgIpc) is 3.01. The summed E-state index contributed by atoms with van der Waals surface area (Å²) < 4.78 is 1.99. The van der Waals surface area contributed by atoms with Gasteiger partial charge in [0.05, 0.1) is 16.0 Å². The lowest BCUT2D eigenvalue weighted by atomic mass is 9.97. The minimum Gasteiger partial charge on any atom is -0.293 e. The number of halogens is 1. The van der Waals surface area contributed by atoms with Crippen molar-refractivity contribution >= 4 is 50.7 Å². The van der Waals surface area contributed by atoms with Crippen molar-refractivity contribution in [3.63, 3.8) is 0 Å². The van der Waals surface area contributed by atoms with Crippen LogP contribution >= 0.6 is 34.7 Å². The first-order valence-electron chi connectivity index (χ1n) is 7.89. The zero-order chi connectivity index (χ0) is 17.1. The summed E-state index contributed by atoms with van der Waals surface area (Å²) in [5.74, 6) is 1.06. The van der Waals surface area contributed by atoms with E-state index in [0.29, 0.717) is 16.7 Å². The molecule has 1 aromatic heterocycles. The normalized spacial score (nSPS) is 12.5. The van der Waals surface area contributed by atoms with Crippen LogP contribution in [0.15, 0.2) is 46.8 Å². The van der Waals surface area contributed by atoms with Crippen molar-refractivity contribution < 1.29 is 4.79 Å². The highest BCUT2D eigenvalue weighted by atomic mass is 35.5. The molecule has 0 saturated heterocycles. The Kier molecular flexibility index (Phi) is 5.59. The molecule has 5 heteroatoms. The second-order valence-electron chi connectivity index (χ2n) is 5.73. The lowest BCUT2D eigenvalue weighted by molar-refractivity contribution is 0.102. The van der Waals surface area contributed by atoms with Gasteiger partial charge in [-0.2, -0.15) is 0 Å². The highest BCUT2D eigenvalue weighted by molar-refractivity contribution is 8.01. The van der Waals surface area contributed by atoms with Gasteiger partial charge in [0.1, 0.15) is 0 Å². The van der Waals surface area contributed by atoms with Gasteiger partial charge >= 0.3 is 0 Å². The zero-order valence-corrected chi connectivity index (χ0v) is 16.0. The number of thiazole rings is 1. The van der Waals surface area contributed by atoms with E-state index in [1.807, 2.05) is 30.3 Å². The van der Waals surface area contributed by atoms with Crippen LogP contribution in [0.5, 0.6) is 0 Å². The van der Waals surface area contributed by atoms with Gasteiger partial charge in [0.25, 0.3) is 0 Å². The minimum absolute atomic E-state index is 0.132. The van der Waals surface area contributed by atoms with Crippen molar-refractivity contribution in [3.8, 4) is 0 Å². The number of thioether (sulfide) groups is 1. The van der Waals surface area contributed by atoms with E-state index in [9.17, 15) is 4.79 Å². The molecule has 0 unspecified atom stereocenters. The quantitative estimate of drug-likeness (QED) is 0.367. The molecule has 24 heavy (non-hydrogen) atoms. The Labute approximate surface area is 155 Å². The third-order valence-electron chi connectivity index (χ3n) is 4.07. The van der Waals surface area contributed by atoms with Crippen LogP contribution in [-0.2, 0) is 0 Å². The maximum atomic E-state index is 12.4. The number of ketones is 1. The van der Waals surface area contributed by atoms with Crippen LogP contribution in [0.3, 0.4) is 0 Å². The first-order valence-corrected chi connectivity index (χ1v) is 10.1. The van der Waals surface area contributed by atoms with Crippen LogP contribution in [0, 0.1) is 0 Å². The lowest BCUT2D eigenvalue weighted by Gasteiger charge is -2.09. The summed E-state index contributed by atoms with van der Waals surface area (Å²) in [6.07, 6.45) is 1.10. The minimum atomic E-state index is 0.132. The monoisotopic (exact) mass is 375 g/mol. The van der Waals surface area contributed by atoms with E-state index in [-0.39, 0.29) is 5.78 Å². The zero-order valence-electron chi connectivity index (χ0n) is 13.6. The molecule has 1 heterocycles. The molecular formula is C19H18ClNOS2. The molecule has 3 rings (SSSR count). The van der Waals surface area contributed by atoms with Crippen molar-refractivity contribution in [3.05, 3.63) is 58.6 Å². The van der Waals surface area contributed by atoms with Gasteiger partial charge in [0.2, 0.25) is 0 Å². The second-order valence-corrected chi connectivity index (χ2v) is 8.42. The van der Waals surface area contributed by atoms with Gasteiger partial charge in [-0.15, -0.1) is 11.3 Å². The van der Waals surface area contributed by atoms with Crippen LogP contribution in [0.2, 0.25) is 5.02 Å². The van der Waals surface area contributed by atoms with Gasteiger partial charge in [-0.3, -0.25) is 4.79 Å². The summed E-state index contributed by atoms with van der Waals surface area (Å²) >= 11 is 9.06. The third-order valence-corrected chi connectivity index (χ3v) is 6.49. The summed E-state index contributed by atoms with van der Waals surface area (Å²) in [6, 6.07) is 13.7. The van der Waals surface area contributed by atoms with Crippen molar-refractivity contribution in [2.45, 2.75) is 30.5 Å². The van der Waals surface area contributed by atoms with E-state index in [1.54, 1.807) is 11.3 Å². The Morgan fingerprint density at radius 2 is 2.00 bits per heavy atom. The van der Waals surface area contributed by atoms with Crippen LogP contribution in [-0.4, -0.2) is 16.5 Å². The maximum absolute atomic E-state index is 12.4. The van der Waals surface area contributed by atoms with Gasteiger partial charge in [-0.25, -0.2) is 4.98 Å². The number of carbonyl (C=O) groups is 1. The second kappa shape index (κ2) is 7.68. The molecule has 0 fully saturated rings. The summed E-state index contributed by atoms with van der Waals surface area (Å²) in [5.41, 5.74) is 2.93. The number of hydrogen-bond acceptors (Lipinski definition) is 4. The highest BCUT2D eigenvalue weighted by Crippen LogP contribution is 2.31. The Balaban J connectivity index is 1.65. The molecule has 3 aromatic rings. The summed E-state index contributed by atoms with van der Waals surface area (Å²) in [5, 5.41) is 0.682. The van der Waals surface area contributed by atoms with Crippen molar-refractivity contribution in [2.75, 3.05) is 5.75 Å². The van der Waals surface area contributed by atoms with Gasteiger partial charge in [0.15, 0.2) is 10.1 Å². The van der Waals surface area contributed by atoms with Gasteiger partial charge in [-0.1, -0.05) is 61.5 Å². The van der Waals surface area contributed by atoms with Crippen molar-refractivity contribution in [1.82, 2.24) is 4.98 Å². The third kappa shape index (κ3) is 4.00. The Bertz CT molecular complexity index is 857. The number of rotatable bonds is 6. The van der Waals surface area contributed by atoms with E-state index >= 15 is 0 Å². The fraction of sp³-hybridized carbons (Fsp3) is 0.263. The van der Waals surface area contributed by atoms with E-state index in [0.717, 1.165) is 26.5 Å². The fourth-order valence-electron chi connectivity index (χ4n) is 2.39. The van der Waals surface area contributed by atoms with E-state index < -0.39 is 0 Å². The number of benzene rings is 2. The first-order chi connectivity index (χ1) is 11.6. The van der Waals surface area contributed by atoms with Crippen molar-refractivity contribution in [2.24, 2.45) is 0 Å². The molecule has 2 nitrogen and oxygen atoms in total. The summed E-state index contributed by atoms with van der Waals surface area (Å²) in [7, 11) is 0. The average molecular weight is 376 g/mol. The summed E-state index contributed by atoms with van der Waals surface area (Å²) in [6.45, 7) is 4.37. The van der Waals surface area contributed by atoms with Gasteiger partial charge < -0.3 is 0 Å². The number of hydrogen-bond donors (Lipinski definition) is 0. The molecule has 0 amide bonds. The van der Waals surface area contributed by atoms with E-state index in [1.165, 1.54) is 17.3 Å². The first kappa shape index (κ1) is 17.5. The van der Waals surface area contributed by atoms with Gasteiger partial charge in [-0.05, 0) is 36.1 Å². The molecule has 0 aliphatic carbocycles. The molecule has 2 aromatic carbocycles. The Morgan fingerprint density at radius 1 is 1.25 bits per heavy atom. The molecule has 0 radical (unpaired) electrons. The fourth-order valence-corrected chi connectivity index (χ4v) is 4.49. The summed E-state index contributed by atoms with van der Waals surface area (Å²) in [4.78, 5) is 16.9. The Morgan fingerprint density at radius 3 is 2.71 bits per heavy atom. The predicted octanol–water partition coefficient (Wildman–Crippen LogP) is 6.44. The highest BCUT2D eigenvalue weighted by Gasteiger charge is 2.11. The SMILES string of the molecule is CC[C@@H](C)c1ccc(C(=O)CSc2nc3cc(Cl)ccc3s2)cc1. The topological polar surface area (TPSA) is 30.0 Å². The van der Waals surface area contributed by atoms with Crippen molar-refractivity contribution in [1.29, 1.82) is 0 Å². The van der Waals surface area contributed by atoms with Crippen LogP contribution in [0.25, 0.3) is 10.2 Å². The molecule has 124 valence electrons. The van der Waals surface area contributed by atoms with Gasteiger partial charge in [0, 0.05) is 10.6 Å². The van der Waals surface area contributed by atoms with E-state index in [4.69, 9.17) is 11.6 Å². The number of aromatic nitrogens is 1. The number of carbonyl (C=O) groups excluding carboxylic acids is 1. The molecule has 0 N–H and O–H groups in total. The lowest BCUT2D eigenvalue weighted by Crippen LogP contribution is -2.02. The number of Topliss-reactive ketones (excluding diaryl/α,β-unsaturated/α-hetero) is 1. The molecule has 0 bridgehead atoms. The largest absolute Gasteiger partial charge is 0.293 e. The number of nitrogens with zero attached hydrogens (tertiary/aromatic N) is 1. The predicted molar refractivity (Wildman–Crippen MR) is 105 cm³/mol. The van der Waals surface area contributed by atoms with Crippen LogP contribution in [0.1, 0.15) is 42.1 Å². The molecule has 0 saturated carbocycles. The molecule has 1 atom stereocenters. The van der Waals surface area contributed by atoms with Crippen LogP contribution < -0.4 is 0 Å². The number of fused-ring (bicyclic) bond motifs is 1. The van der Waals surface area contributed by atoms with Crippen LogP contribution in [0.4, 0.5) is 0 Å². The maximum Gasteiger partial charge on any atom is 0.173 e. The molecule has 0 aliphatic rings. The molecule has 0 aliphatic heterocycles. The smallest absolute Gasteiger partial charge is 0.173 e.